The number of oxime groups is 1. The van der Waals surface area contributed by atoms with E-state index in [0.717, 1.165) is 7.11 Å². The van der Waals surface area contributed by atoms with Crippen molar-refractivity contribution in [2.45, 2.75) is 18.9 Å². The number of ether oxygens (including phenoxy) is 2. The average Bonchev–Trinajstić information content (AvgIpc) is 2.73. The van der Waals surface area contributed by atoms with E-state index in [1.165, 1.54) is 23.1 Å². The third-order valence-corrected chi connectivity index (χ3v) is 4.57. The SMILES string of the molecule is COC(=O)C(=O)O/N=C(\NC(=O)C(=O)O)N1CCC(Oc2cc(F)ccc2Br)CC1. The van der Waals surface area contributed by atoms with Gasteiger partial charge in [0, 0.05) is 32.0 Å². The summed E-state index contributed by atoms with van der Waals surface area (Å²) >= 11 is 3.27. The van der Waals surface area contributed by atoms with Crippen molar-refractivity contribution in [2.75, 3.05) is 20.2 Å². The number of carboxylic acids is 1. The molecule has 1 saturated heterocycles. The number of aliphatic carboxylic acids is 1. The van der Waals surface area contributed by atoms with Gasteiger partial charge >= 0.3 is 23.8 Å². The molecule has 1 aliphatic rings. The molecule has 2 N–H and O–H groups in total. The maximum Gasteiger partial charge on any atom is 0.443 e. The van der Waals surface area contributed by atoms with Gasteiger partial charge < -0.3 is 24.3 Å². The number of hydrogen-bond donors (Lipinski definition) is 2. The first-order chi connectivity index (χ1) is 14.2. The highest BCUT2D eigenvalue weighted by Crippen LogP contribution is 2.28. The normalized spacial score (nSPS) is 14.6. The molecule has 1 fully saturated rings. The number of guanidine groups is 1. The molecule has 1 aromatic rings. The van der Waals surface area contributed by atoms with Gasteiger partial charge in [-0.2, -0.15) is 0 Å². The Kier molecular flexibility index (Phi) is 8.09. The molecule has 162 valence electrons. The number of benzene rings is 1. The molecule has 0 radical (unpaired) electrons. The zero-order chi connectivity index (χ0) is 22.3. The Balaban J connectivity index is 2.04. The predicted octanol–water partition coefficient (Wildman–Crippen LogP) is 0.619. The van der Waals surface area contributed by atoms with Crippen molar-refractivity contribution < 1.29 is 43.0 Å². The molecule has 1 aliphatic heterocycles. The van der Waals surface area contributed by atoms with Crippen LogP contribution < -0.4 is 10.1 Å². The highest BCUT2D eigenvalue weighted by atomic mass is 79.9. The first kappa shape index (κ1) is 23.1. The lowest BCUT2D eigenvalue weighted by molar-refractivity contribution is -0.166. The maximum atomic E-state index is 13.4. The lowest BCUT2D eigenvalue weighted by atomic mass is 10.1. The number of carbonyl (C=O) groups is 4. The lowest BCUT2D eigenvalue weighted by Gasteiger charge is -2.33. The minimum atomic E-state index is -1.78. The van der Waals surface area contributed by atoms with Gasteiger partial charge in [0.05, 0.1) is 11.6 Å². The molecule has 0 spiro atoms. The molecule has 2 rings (SSSR count). The van der Waals surface area contributed by atoms with Gasteiger partial charge in [0.25, 0.3) is 0 Å². The lowest BCUT2D eigenvalue weighted by Crippen LogP contribution is -2.50. The quantitative estimate of drug-likeness (QED) is 0.156. The second-order valence-electron chi connectivity index (χ2n) is 5.92. The van der Waals surface area contributed by atoms with Crippen molar-refractivity contribution in [1.29, 1.82) is 0 Å². The molecule has 1 heterocycles. The summed E-state index contributed by atoms with van der Waals surface area (Å²) in [4.78, 5) is 50.6. The number of hydrogen-bond acceptors (Lipinski definition) is 8. The topological polar surface area (TPSA) is 144 Å². The number of rotatable bonds is 3. The molecule has 13 heteroatoms. The van der Waals surface area contributed by atoms with Crippen LogP contribution in [-0.2, 0) is 28.8 Å². The summed E-state index contributed by atoms with van der Waals surface area (Å²) in [5.74, 6) is -6.47. The Labute approximate surface area is 177 Å². The van der Waals surface area contributed by atoms with E-state index in [-0.39, 0.29) is 25.2 Å². The Bertz CT molecular complexity index is 871. The predicted molar refractivity (Wildman–Crippen MR) is 101 cm³/mol. The Morgan fingerprint density at radius 1 is 1.23 bits per heavy atom. The number of nitrogens with zero attached hydrogens (tertiary/aromatic N) is 2. The molecule has 0 saturated carbocycles. The van der Waals surface area contributed by atoms with E-state index in [9.17, 15) is 23.6 Å². The molecular formula is C17H17BrFN3O8. The second-order valence-corrected chi connectivity index (χ2v) is 6.78. The fraction of sp³-hybridized carbons (Fsp3) is 0.353. The van der Waals surface area contributed by atoms with E-state index in [1.54, 1.807) is 0 Å². The largest absolute Gasteiger partial charge is 0.489 e. The van der Waals surface area contributed by atoms with E-state index in [4.69, 9.17) is 9.84 Å². The molecule has 11 nitrogen and oxygen atoms in total. The smallest absolute Gasteiger partial charge is 0.443 e. The number of likely N-dealkylation sites (tertiary alicyclic amines) is 1. The summed E-state index contributed by atoms with van der Waals surface area (Å²) in [5.41, 5.74) is 0. The summed E-state index contributed by atoms with van der Waals surface area (Å²) in [5, 5.41) is 14.1. The van der Waals surface area contributed by atoms with Crippen molar-refractivity contribution in [3.05, 3.63) is 28.5 Å². The van der Waals surface area contributed by atoms with E-state index >= 15 is 0 Å². The Hall–Kier alpha value is -3.22. The van der Waals surface area contributed by atoms with Gasteiger partial charge in [0.1, 0.15) is 17.7 Å². The standard InChI is InChI=1S/C17H17BrFN3O8/c1-28-15(26)16(27)30-21-17(20-13(23)14(24)25)22-6-4-10(5-7-22)29-12-8-9(19)2-3-11(12)18/h2-3,8,10H,4-7H2,1H3,(H,24,25)(H,20,21,23). The van der Waals surface area contributed by atoms with Gasteiger partial charge in [-0.15, -0.1) is 0 Å². The van der Waals surface area contributed by atoms with Crippen molar-refractivity contribution in [3.63, 3.8) is 0 Å². The number of esters is 1. The number of piperidine rings is 1. The van der Waals surface area contributed by atoms with E-state index in [2.05, 4.69) is 30.7 Å². The highest BCUT2D eigenvalue weighted by molar-refractivity contribution is 9.10. The van der Waals surface area contributed by atoms with Crippen LogP contribution in [0.4, 0.5) is 4.39 Å². The van der Waals surface area contributed by atoms with Crippen LogP contribution in [0.15, 0.2) is 27.8 Å². The van der Waals surface area contributed by atoms with Crippen LogP contribution in [0.1, 0.15) is 12.8 Å². The van der Waals surface area contributed by atoms with Gasteiger partial charge in [0.2, 0.25) is 5.96 Å². The van der Waals surface area contributed by atoms with Crippen LogP contribution in [0.25, 0.3) is 0 Å². The highest BCUT2D eigenvalue weighted by Gasteiger charge is 2.27. The van der Waals surface area contributed by atoms with Gasteiger partial charge in [-0.05, 0) is 33.2 Å². The average molecular weight is 490 g/mol. The number of carbonyl (C=O) groups excluding carboxylic acids is 3. The van der Waals surface area contributed by atoms with Crippen LogP contribution in [0, 0.1) is 5.82 Å². The third-order valence-electron chi connectivity index (χ3n) is 3.92. The zero-order valence-corrected chi connectivity index (χ0v) is 17.2. The Morgan fingerprint density at radius 3 is 2.50 bits per heavy atom. The van der Waals surface area contributed by atoms with Gasteiger partial charge in [-0.1, -0.05) is 0 Å². The first-order valence-corrected chi connectivity index (χ1v) is 9.28. The number of carboxylic acid groups (broad SMARTS) is 1. The number of amides is 1. The molecule has 0 unspecified atom stereocenters. The molecule has 30 heavy (non-hydrogen) atoms. The fourth-order valence-corrected chi connectivity index (χ4v) is 2.79. The molecule has 0 atom stereocenters. The van der Waals surface area contributed by atoms with Crippen LogP contribution in [-0.4, -0.2) is 66.1 Å². The van der Waals surface area contributed by atoms with Crippen molar-refractivity contribution in [3.8, 4) is 5.75 Å². The fourth-order valence-electron chi connectivity index (χ4n) is 2.45. The molecule has 0 bridgehead atoms. The summed E-state index contributed by atoms with van der Waals surface area (Å²) in [6.45, 7) is 0.457. The number of nitrogens with one attached hydrogen (secondary N) is 1. The summed E-state index contributed by atoms with van der Waals surface area (Å²) < 4.78 is 23.9. The monoisotopic (exact) mass is 489 g/mol. The minimum absolute atomic E-state index is 0.228. The minimum Gasteiger partial charge on any atom is -0.489 e. The molecule has 0 aromatic heterocycles. The molecule has 1 amide bonds. The maximum absolute atomic E-state index is 13.4. The van der Waals surface area contributed by atoms with Crippen LogP contribution in [0.5, 0.6) is 5.75 Å². The van der Waals surface area contributed by atoms with Crippen molar-refractivity contribution >= 4 is 45.7 Å². The van der Waals surface area contributed by atoms with Crippen molar-refractivity contribution in [1.82, 2.24) is 10.2 Å². The van der Waals surface area contributed by atoms with Crippen LogP contribution in [0.2, 0.25) is 0 Å². The molecule has 0 aliphatic carbocycles. The summed E-state index contributed by atoms with van der Waals surface area (Å²) in [7, 11) is 0.960. The zero-order valence-electron chi connectivity index (χ0n) is 15.6. The van der Waals surface area contributed by atoms with E-state index in [1.807, 2.05) is 5.32 Å². The molecule has 1 aromatic carbocycles. The summed E-state index contributed by atoms with van der Waals surface area (Å²) in [6.07, 6.45) is 0.500. The summed E-state index contributed by atoms with van der Waals surface area (Å²) in [6, 6.07) is 4.04. The second kappa shape index (κ2) is 10.5. The van der Waals surface area contributed by atoms with Gasteiger partial charge in [-0.3, -0.25) is 10.1 Å². The number of halogens is 2. The van der Waals surface area contributed by atoms with Crippen LogP contribution in [0.3, 0.4) is 0 Å². The van der Waals surface area contributed by atoms with Crippen LogP contribution >= 0.6 is 15.9 Å². The van der Waals surface area contributed by atoms with E-state index < -0.39 is 29.6 Å². The van der Waals surface area contributed by atoms with Crippen molar-refractivity contribution in [2.24, 2.45) is 5.16 Å². The van der Waals surface area contributed by atoms with E-state index in [0.29, 0.717) is 23.1 Å². The Morgan fingerprint density at radius 2 is 1.90 bits per heavy atom. The first-order valence-electron chi connectivity index (χ1n) is 8.49. The third kappa shape index (κ3) is 6.40. The molecular weight excluding hydrogens is 473 g/mol. The number of methoxy groups -OCH3 is 1. The van der Waals surface area contributed by atoms with Gasteiger partial charge in [0.15, 0.2) is 0 Å². The van der Waals surface area contributed by atoms with Gasteiger partial charge in [-0.25, -0.2) is 18.8 Å².